The molecule has 5 heteroatoms. The molecule has 0 saturated heterocycles. The largest absolute Gasteiger partial charge is 0.365 e. The minimum atomic E-state index is -3.14. The number of benzene rings is 2. The molecule has 22 heavy (non-hydrogen) atoms. The molecule has 0 aliphatic carbocycles. The number of rotatable bonds is 3. The summed E-state index contributed by atoms with van der Waals surface area (Å²) in [6.07, 6.45) is 2.13. The monoisotopic (exact) mass is 316 g/mol. The van der Waals surface area contributed by atoms with Crippen molar-refractivity contribution in [2.45, 2.75) is 23.9 Å². The summed E-state index contributed by atoms with van der Waals surface area (Å²) in [4.78, 5) is 2.62. The zero-order chi connectivity index (χ0) is 15.7. The van der Waals surface area contributed by atoms with Crippen LogP contribution in [-0.2, 0) is 22.8 Å². The van der Waals surface area contributed by atoms with Crippen molar-refractivity contribution in [1.82, 2.24) is 0 Å². The van der Waals surface area contributed by atoms with E-state index < -0.39 is 9.84 Å². The minimum Gasteiger partial charge on any atom is -0.365 e. The molecule has 1 aliphatic rings. The third-order valence-corrected chi connectivity index (χ3v) is 5.12. The topological polar surface area (TPSA) is 63.4 Å². The molecule has 0 spiro atoms. The Kier molecular flexibility index (Phi) is 3.93. The van der Waals surface area contributed by atoms with Gasteiger partial charge in [0.15, 0.2) is 9.84 Å². The van der Waals surface area contributed by atoms with Crippen LogP contribution in [0.15, 0.2) is 53.4 Å². The summed E-state index contributed by atoms with van der Waals surface area (Å²) in [5, 5.41) is 0. The molecule has 3 rings (SSSR count). The molecule has 0 fully saturated rings. The van der Waals surface area contributed by atoms with E-state index in [-0.39, 0.29) is 6.04 Å². The van der Waals surface area contributed by atoms with Gasteiger partial charge < -0.3 is 10.6 Å². The summed E-state index contributed by atoms with van der Waals surface area (Å²) in [6, 6.07) is 15.5. The van der Waals surface area contributed by atoms with Gasteiger partial charge in [-0.05, 0) is 35.7 Å². The Morgan fingerprint density at radius 3 is 2.50 bits per heavy atom. The third-order valence-electron chi connectivity index (χ3n) is 3.99. The van der Waals surface area contributed by atoms with Crippen LogP contribution in [0.25, 0.3) is 0 Å². The van der Waals surface area contributed by atoms with E-state index >= 15 is 0 Å². The summed E-state index contributed by atoms with van der Waals surface area (Å²) in [6.45, 7) is 1.54. The van der Waals surface area contributed by atoms with Crippen LogP contribution in [0.5, 0.6) is 0 Å². The second-order valence-corrected chi connectivity index (χ2v) is 7.91. The average molecular weight is 316 g/mol. The number of nitrogens with zero attached hydrogens (tertiary/aromatic N) is 1. The molecule has 1 heterocycles. The molecular weight excluding hydrogens is 296 g/mol. The number of hydrogen-bond donors (Lipinski definition) is 1. The average Bonchev–Trinajstić information content (AvgIpc) is 2.46. The molecule has 0 saturated carbocycles. The molecule has 0 aromatic heterocycles. The highest BCUT2D eigenvalue weighted by molar-refractivity contribution is 7.90. The standard InChI is InChI=1S/C17H20N2O2S/c1-22(20,21)16-8-6-13(7-9-16)11-19-12-15(18)10-14-4-2-3-5-17(14)19/h2-9,15H,10-12,18H2,1H3. The summed E-state index contributed by atoms with van der Waals surface area (Å²) in [5.74, 6) is 0. The molecule has 2 aromatic rings. The van der Waals surface area contributed by atoms with Gasteiger partial charge in [0.1, 0.15) is 0 Å². The first-order valence-electron chi connectivity index (χ1n) is 7.31. The summed E-state index contributed by atoms with van der Waals surface area (Å²) < 4.78 is 23.0. The fourth-order valence-corrected chi connectivity index (χ4v) is 3.56. The van der Waals surface area contributed by atoms with Gasteiger partial charge >= 0.3 is 0 Å². The van der Waals surface area contributed by atoms with Crippen molar-refractivity contribution in [3.63, 3.8) is 0 Å². The van der Waals surface area contributed by atoms with E-state index in [1.165, 1.54) is 17.5 Å². The lowest BCUT2D eigenvalue weighted by Gasteiger charge is -2.34. The second kappa shape index (κ2) is 5.74. The summed E-state index contributed by atoms with van der Waals surface area (Å²) in [7, 11) is -3.14. The van der Waals surface area contributed by atoms with Crippen LogP contribution in [0.2, 0.25) is 0 Å². The van der Waals surface area contributed by atoms with Crippen molar-refractivity contribution in [1.29, 1.82) is 0 Å². The quantitative estimate of drug-likeness (QED) is 0.940. The molecule has 4 nitrogen and oxygen atoms in total. The Bertz CT molecular complexity index is 770. The van der Waals surface area contributed by atoms with Crippen LogP contribution in [0.4, 0.5) is 5.69 Å². The van der Waals surface area contributed by atoms with Crippen molar-refractivity contribution in [3.8, 4) is 0 Å². The van der Waals surface area contributed by atoms with E-state index in [0.717, 1.165) is 25.1 Å². The third kappa shape index (κ3) is 3.15. The van der Waals surface area contributed by atoms with Gasteiger partial charge in [-0.25, -0.2) is 8.42 Å². The maximum Gasteiger partial charge on any atom is 0.175 e. The molecule has 0 bridgehead atoms. The van der Waals surface area contributed by atoms with Crippen molar-refractivity contribution in [2.24, 2.45) is 5.73 Å². The number of hydrogen-bond acceptors (Lipinski definition) is 4. The lowest BCUT2D eigenvalue weighted by Crippen LogP contribution is -2.42. The van der Waals surface area contributed by atoms with E-state index in [1.54, 1.807) is 12.1 Å². The van der Waals surface area contributed by atoms with E-state index in [1.807, 2.05) is 24.3 Å². The zero-order valence-corrected chi connectivity index (χ0v) is 13.4. The second-order valence-electron chi connectivity index (χ2n) is 5.89. The lowest BCUT2D eigenvalue weighted by molar-refractivity contribution is 0.598. The van der Waals surface area contributed by atoms with Gasteiger partial charge in [0.05, 0.1) is 4.90 Å². The fourth-order valence-electron chi connectivity index (χ4n) is 2.93. The Hall–Kier alpha value is -1.85. The number of sulfone groups is 1. The van der Waals surface area contributed by atoms with Crippen LogP contribution in [0.1, 0.15) is 11.1 Å². The van der Waals surface area contributed by atoms with Gasteiger partial charge in [-0.2, -0.15) is 0 Å². The highest BCUT2D eigenvalue weighted by atomic mass is 32.2. The van der Waals surface area contributed by atoms with Crippen LogP contribution in [-0.4, -0.2) is 27.3 Å². The molecule has 116 valence electrons. The Morgan fingerprint density at radius 2 is 1.82 bits per heavy atom. The van der Waals surface area contributed by atoms with E-state index in [2.05, 4.69) is 17.0 Å². The van der Waals surface area contributed by atoms with Gasteiger partial charge in [-0.3, -0.25) is 0 Å². The molecule has 1 aliphatic heterocycles. The Morgan fingerprint density at radius 1 is 1.14 bits per heavy atom. The Labute approximate surface area is 131 Å². The number of para-hydroxylation sites is 1. The SMILES string of the molecule is CS(=O)(=O)c1ccc(CN2CC(N)Cc3ccccc32)cc1. The molecule has 0 amide bonds. The van der Waals surface area contributed by atoms with Crippen molar-refractivity contribution in [3.05, 3.63) is 59.7 Å². The normalized spacial score (nSPS) is 18.1. The van der Waals surface area contributed by atoms with Gasteiger partial charge in [-0.15, -0.1) is 0 Å². The highest BCUT2D eigenvalue weighted by Crippen LogP contribution is 2.27. The lowest BCUT2D eigenvalue weighted by atomic mass is 9.98. The first-order chi connectivity index (χ1) is 10.4. The maximum absolute atomic E-state index is 11.5. The van der Waals surface area contributed by atoms with E-state index in [0.29, 0.717) is 4.90 Å². The van der Waals surface area contributed by atoms with Gasteiger partial charge in [0.2, 0.25) is 0 Å². The first kappa shape index (κ1) is 15.1. The predicted molar refractivity (Wildman–Crippen MR) is 88.7 cm³/mol. The first-order valence-corrected chi connectivity index (χ1v) is 9.20. The van der Waals surface area contributed by atoms with Crippen molar-refractivity contribution in [2.75, 3.05) is 17.7 Å². The highest BCUT2D eigenvalue weighted by Gasteiger charge is 2.21. The Balaban J connectivity index is 1.84. The van der Waals surface area contributed by atoms with Gasteiger partial charge in [0.25, 0.3) is 0 Å². The molecule has 0 radical (unpaired) electrons. The van der Waals surface area contributed by atoms with Gasteiger partial charge in [0, 0.05) is 31.1 Å². The predicted octanol–water partition coefficient (Wildman–Crippen LogP) is 1.98. The van der Waals surface area contributed by atoms with E-state index in [4.69, 9.17) is 5.73 Å². The van der Waals surface area contributed by atoms with Crippen molar-refractivity contribution >= 4 is 15.5 Å². The molecule has 1 unspecified atom stereocenters. The van der Waals surface area contributed by atoms with Crippen LogP contribution < -0.4 is 10.6 Å². The molecule has 2 N–H and O–H groups in total. The van der Waals surface area contributed by atoms with Crippen molar-refractivity contribution < 1.29 is 8.42 Å². The fraction of sp³-hybridized carbons (Fsp3) is 0.294. The number of fused-ring (bicyclic) bond motifs is 1. The minimum absolute atomic E-state index is 0.130. The van der Waals surface area contributed by atoms with E-state index in [9.17, 15) is 8.42 Å². The number of nitrogens with two attached hydrogens (primary N) is 1. The smallest absolute Gasteiger partial charge is 0.175 e. The number of anilines is 1. The summed E-state index contributed by atoms with van der Waals surface area (Å²) in [5.41, 5.74) is 9.72. The maximum atomic E-state index is 11.5. The molecule has 2 aromatic carbocycles. The zero-order valence-electron chi connectivity index (χ0n) is 12.6. The van der Waals surface area contributed by atoms with Crippen LogP contribution in [0.3, 0.4) is 0 Å². The molecule has 1 atom stereocenters. The summed E-state index contributed by atoms with van der Waals surface area (Å²) >= 11 is 0. The van der Waals surface area contributed by atoms with Crippen LogP contribution in [0, 0.1) is 0 Å². The molecular formula is C17H20N2O2S. The van der Waals surface area contributed by atoms with Gasteiger partial charge in [-0.1, -0.05) is 30.3 Å². The van der Waals surface area contributed by atoms with Crippen LogP contribution >= 0.6 is 0 Å².